The standard InChI is InChI=1S/C11H17N3O3S/c1-14(7-10-5-12-13-6-10)11(15)4-9-2-3-18(16,17)8-9/h5-6,9H,2-4,7-8H2,1H3,(H,12,13). The van der Waals surface area contributed by atoms with Gasteiger partial charge in [-0.05, 0) is 12.3 Å². The summed E-state index contributed by atoms with van der Waals surface area (Å²) in [6, 6.07) is 0. The maximum Gasteiger partial charge on any atom is 0.222 e. The summed E-state index contributed by atoms with van der Waals surface area (Å²) in [5.41, 5.74) is 0.935. The summed E-state index contributed by atoms with van der Waals surface area (Å²) < 4.78 is 22.6. The largest absolute Gasteiger partial charge is 0.341 e. The molecule has 2 rings (SSSR count). The van der Waals surface area contributed by atoms with E-state index in [4.69, 9.17) is 0 Å². The molecule has 18 heavy (non-hydrogen) atoms. The van der Waals surface area contributed by atoms with Crippen LogP contribution < -0.4 is 0 Å². The fourth-order valence-corrected chi connectivity index (χ4v) is 4.02. The Morgan fingerprint density at radius 1 is 1.61 bits per heavy atom. The van der Waals surface area contributed by atoms with Gasteiger partial charge in [-0.1, -0.05) is 0 Å². The molecule has 0 aromatic carbocycles. The summed E-state index contributed by atoms with van der Waals surface area (Å²) in [6.07, 6.45) is 4.33. The first-order valence-electron chi connectivity index (χ1n) is 5.88. The second-order valence-corrected chi connectivity index (χ2v) is 7.06. The minimum Gasteiger partial charge on any atom is -0.341 e. The highest BCUT2D eigenvalue weighted by molar-refractivity contribution is 7.91. The molecule has 1 aliphatic heterocycles. The molecule has 1 fully saturated rings. The molecule has 2 heterocycles. The number of hydrogen-bond acceptors (Lipinski definition) is 4. The number of rotatable bonds is 4. The topological polar surface area (TPSA) is 83.1 Å². The molecule has 1 atom stereocenters. The van der Waals surface area contributed by atoms with Crippen molar-refractivity contribution < 1.29 is 13.2 Å². The van der Waals surface area contributed by atoms with Crippen LogP contribution in [0.15, 0.2) is 12.4 Å². The molecule has 1 unspecified atom stereocenters. The van der Waals surface area contributed by atoms with Gasteiger partial charge in [0.15, 0.2) is 9.84 Å². The van der Waals surface area contributed by atoms with Gasteiger partial charge in [-0.3, -0.25) is 9.89 Å². The Morgan fingerprint density at radius 3 is 2.94 bits per heavy atom. The van der Waals surface area contributed by atoms with E-state index in [2.05, 4.69) is 10.2 Å². The molecular formula is C11H17N3O3S. The highest BCUT2D eigenvalue weighted by Gasteiger charge is 2.30. The number of sulfone groups is 1. The van der Waals surface area contributed by atoms with Crippen molar-refractivity contribution in [3.05, 3.63) is 18.0 Å². The molecule has 1 aromatic heterocycles. The molecule has 1 aliphatic rings. The maximum absolute atomic E-state index is 11.9. The van der Waals surface area contributed by atoms with E-state index in [-0.39, 0.29) is 23.3 Å². The third-order valence-corrected chi connectivity index (χ3v) is 5.03. The number of carbonyl (C=O) groups is 1. The van der Waals surface area contributed by atoms with Crippen LogP contribution in [0, 0.1) is 5.92 Å². The quantitative estimate of drug-likeness (QED) is 0.847. The summed E-state index contributed by atoms with van der Waals surface area (Å²) in [5, 5.41) is 6.51. The van der Waals surface area contributed by atoms with Crippen LogP contribution in [0.1, 0.15) is 18.4 Å². The minimum absolute atomic E-state index is 0.0155. The van der Waals surface area contributed by atoms with E-state index in [1.807, 2.05) is 0 Å². The number of aromatic nitrogens is 2. The lowest BCUT2D eigenvalue weighted by Gasteiger charge is -2.18. The predicted molar refractivity (Wildman–Crippen MR) is 66.4 cm³/mol. The van der Waals surface area contributed by atoms with Gasteiger partial charge >= 0.3 is 0 Å². The minimum atomic E-state index is -2.90. The molecule has 1 saturated heterocycles. The number of hydrogen-bond donors (Lipinski definition) is 1. The molecule has 0 spiro atoms. The van der Waals surface area contributed by atoms with Crippen LogP contribution in [-0.2, 0) is 21.2 Å². The van der Waals surface area contributed by atoms with Crippen LogP contribution in [0.3, 0.4) is 0 Å². The van der Waals surface area contributed by atoms with Crippen LogP contribution in [-0.4, -0.2) is 48.0 Å². The zero-order valence-electron chi connectivity index (χ0n) is 10.3. The van der Waals surface area contributed by atoms with E-state index in [9.17, 15) is 13.2 Å². The van der Waals surface area contributed by atoms with Crippen LogP contribution in [0.25, 0.3) is 0 Å². The predicted octanol–water partition coefficient (Wildman–Crippen LogP) is 0.193. The molecule has 0 bridgehead atoms. The third-order valence-electron chi connectivity index (χ3n) is 3.19. The second-order valence-electron chi connectivity index (χ2n) is 4.83. The van der Waals surface area contributed by atoms with Crippen LogP contribution in [0.2, 0.25) is 0 Å². The summed E-state index contributed by atoms with van der Waals surface area (Å²) >= 11 is 0. The van der Waals surface area contributed by atoms with Crippen LogP contribution >= 0.6 is 0 Å². The van der Waals surface area contributed by atoms with E-state index < -0.39 is 9.84 Å². The van der Waals surface area contributed by atoms with Gasteiger partial charge in [0.05, 0.1) is 17.7 Å². The summed E-state index contributed by atoms with van der Waals surface area (Å²) in [4.78, 5) is 13.5. The van der Waals surface area contributed by atoms with Crippen molar-refractivity contribution in [2.45, 2.75) is 19.4 Å². The highest BCUT2D eigenvalue weighted by Crippen LogP contribution is 2.22. The lowest BCUT2D eigenvalue weighted by molar-refractivity contribution is -0.131. The Labute approximate surface area is 106 Å². The number of H-pyrrole nitrogens is 1. The Balaban J connectivity index is 1.85. The Morgan fingerprint density at radius 2 is 2.39 bits per heavy atom. The summed E-state index contributed by atoms with van der Waals surface area (Å²) in [7, 11) is -1.18. The molecule has 7 heteroatoms. The molecule has 1 aromatic rings. The number of nitrogens with one attached hydrogen (secondary N) is 1. The van der Waals surface area contributed by atoms with Gasteiger partial charge in [-0.15, -0.1) is 0 Å². The van der Waals surface area contributed by atoms with Crippen molar-refractivity contribution in [1.82, 2.24) is 15.1 Å². The van der Waals surface area contributed by atoms with Gasteiger partial charge in [0.25, 0.3) is 0 Å². The fourth-order valence-electron chi connectivity index (χ4n) is 2.16. The lowest BCUT2D eigenvalue weighted by atomic mass is 10.0. The second kappa shape index (κ2) is 5.09. The van der Waals surface area contributed by atoms with Crippen LogP contribution in [0.4, 0.5) is 0 Å². The summed E-state index contributed by atoms with van der Waals surface area (Å²) in [6.45, 7) is 0.495. The normalized spacial score (nSPS) is 21.9. The summed E-state index contributed by atoms with van der Waals surface area (Å²) in [5.74, 6) is 0.335. The Hall–Kier alpha value is -1.37. The van der Waals surface area contributed by atoms with E-state index in [1.165, 1.54) is 0 Å². The monoisotopic (exact) mass is 271 g/mol. The maximum atomic E-state index is 11.9. The highest BCUT2D eigenvalue weighted by atomic mass is 32.2. The Bertz CT molecular complexity index is 510. The fraction of sp³-hybridized carbons (Fsp3) is 0.636. The zero-order chi connectivity index (χ0) is 13.2. The number of amides is 1. The van der Waals surface area contributed by atoms with Crippen molar-refractivity contribution >= 4 is 15.7 Å². The molecule has 1 amide bonds. The average Bonchev–Trinajstić information content (AvgIpc) is 2.88. The van der Waals surface area contributed by atoms with Crippen molar-refractivity contribution in [2.24, 2.45) is 5.92 Å². The third kappa shape index (κ3) is 3.32. The molecule has 1 N–H and O–H groups in total. The van der Waals surface area contributed by atoms with Crippen LogP contribution in [0.5, 0.6) is 0 Å². The van der Waals surface area contributed by atoms with E-state index in [0.717, 1.165) is 5.56 Å². The van der Waals surface area contributed by atoms with E-state index >= 15 is 0 Å². The first kappa shape index (κ1) is 13.1. The smallest absolute Gasteiger partial charge is 0.222 e. The number of carbonyl (C=O) groups excluding carboxylic acids is 1. The average molecular weight is 271 g/mol. The molecule has 6 nitrogen and oxygen atoms in total. The molecule has 100 valence electrons. The molecule has 0 aliphatic carbocycles. The van der Waals surface area contributed by atoms with Crippen molar-refractivity contribution in [3.8, 4) is 0 Å². The first-order chi connectivity index (χ1) is 8.46. The number of nitrogens with zero attached hydrogens (tertiary/aromatic N) is 2. The molecule has 0 saturated carbocycles. The Kier molecular flexibility index (Phi) is 3.70. The van der Waals surface area contributed by atoms with Crippen molar-refractivity contribution in [3.63, 3.8) is 0 Å². The SMILES string of the molecule is CN(Cc1cn[nH]c1)C(=O)CC1CCS(=O)(=O)C1. The molecular weight excluding hydrogens is 254 g/mol. The first-order valence-corrected chi connectivity index (χ1v) is 7.70. The zero-order valence-corrected chi connectivity index (χ0v) is 11.1. The van der Waals surface area contributed by atoms with Gasteiger partial charge in [-0.2, -0.15) is 5.10 Å². The van der Waals surface area contributed by atoms with Gasteiger partial charge in [0.2, 0.25) is 5.91 Å². The van der Waals surface area contributed by atoms with Crippen molar-refractivity contribution in [2.75, 3.05) is 18.6 Å². The lowest BCUT2D eigenvalue weighted by Crippen LogP contribution is -2.28. The van der Waals surface area contributed by atoms with Gasteiger partial charge in [-0.25, -0.2) is 8.42 Å². The van der Waals surface area contributed by atoms with Gasteiger partial charge < -0.3 is 4.90 Å². The van der Waals surface area contributed by atoms with E-state index in [1.54, 1.807) is 24.3 Å². The number of aromatic amines is 1. The van der Waals surface area contributed by atoms with Gasteiger partial charge in [0, 0.05) is 31.8 Å². The van der Waals surface area contributed by atoms with Gasteiger partial charge in [0.1, 0.15) is 0 Å². The van der Waals surface area contributed by atoms with Crippen molar-refractivity contribution in [1.29, 1.82) is 0 Å². The molecule has 0 radical (unpaired) electrons. The van der Waals surface area contributed by atoms with E-state index in [0.29, 0.717) is 19.4 Å².